The average Bonchev–Trinajstić information content (AvgIpc) is 2.59. The van der Waals surface area contributed by atoms with Crippen LogP contribution in [0.15, 0.2) is 34.4 Å². The van der Waals surface area contributed by atoms with Crippen molar-refractivity contribution < 1.29 is 37.3 Å². The molecule has 136 valence electrons. The molecule has 0 radical (unpaired) electrons. The van der Waals surface area contributed by atoms with Gasteiger partial charge in [0.05, 0.1) is 37.0 Å². The van der Waals surface area contributed by atoms with Crippen LogP contribution in [0.5, 0.6) is 5.75 Å². The first-order valence-electron chi connectivity index (χ1n) is 6.98. The lowest BCUT2D eigenvalue weighted by Gasteiger charge is -2.31. The number of rotatable bonds is 4. The van der Waals surface area contributed by atoms with E-state index in [0.717, 1.165) is 25.4 Å². The Kier molecular flexibility index (Phi) is 5.33. The normalized spacial score (nSPS) is 15.1. The summed E-state index contributed by atoms with van der Waals surface area (Å²) in [6, 6.07) is 3.58. The number of phenols is 1. The molecular formula is C15H17NO8S. The van der Waals surface area contributed by atoms with Gasteiger partial charge in [-0.1, -0.05) is 0 Å². The molecule has 0 unspecified atom stereocenters. The van der Waals surface area contributed by atoms with Crippen LogP contribution in [0.4, 0.5) is 5.69 Å². The average molecular weight is 371 g/mol. The van der Waals surface area contributed by atoms with E-state index in [1.54, 1.807) is 0 Å². The minimum atomic E-state index is -3.56. The van der Waals surface area contributed by atoms with Crippen LogP contribution < -0.4 is 4.90 Å². The third kappa shape index (κ3) is 3.74. The topological polar surface area (TPSA) is 119 Å². The molecule has 10 heteroatoms. The highest BCUT2D eigenvalue weighted by Gasteiger charge is 2.33. The number of sulfone groups is 1. The second-order valence-electron chi connectivity index (χ2n) is 5.14. The zero-order valence-corrected chi connectivity index (χ0v) is 14.6. The fourth-order valence-corrected chi connectivity index (χ4v) is 2.92. The highest BCUT2D eigenvalue weighted by atomic mass is 32.2. The first-order valence-corrected chi connectivity index (χ1v) is 8.88. The van der Waals surface area contributed by atoms with Crippen molar-refractivity contribution in [1.82, 2.24) is 0 Å². The number of nitrogens with zero attached hydrogens (tertiary/aromatic N) is 1. The van der Waals surface area contributed by atoms with Gasteiger partial charge in [0.15, 0.2) is 9.84 Å². The molecule has 9 nitrogen and oxygen atoms in total. The highest BCUT2D eigenvalue weighted by Crippen LogP contribution is 2.35. The lowest BCUT2D eigenvalue weighted by molar-refractivity contribution is -0.140. The highest BCUT2D eigenvalue weighted by molar-refractivity contribution is 7.90. The second-order valence-corrected chi connectivity index (χ2v) is 7.15. The Hall–Kier alpha value is -2.59. The van der Waals surface area contributed by atoms with Gasteiger partial charge in [0, 0.05) is 6.26 Å². The molecule has 0 spiro atoms. The number of methoxy groups -OCH3 is 2. The summed E-state index contributed by atoms with van der Waals surface area (Å²) in [5, 5.41) is 10.1. The fourth-order valence-electron chi connectivity index (χ4n) is 2.28. The van der Waals surface area contributed by atoms with Gasteiger partial charge in [-0.3, -0.25) is 0 Å². The van der Waals surface area contributed by atoms with Crippen molar-refractivity contribution in [3.8, 4) is 5.75 Å². The molecule has 0 amide bonds. The van der Waals surface area contributed by atoms with Crippen molar-refractivity contribution in [2.45, 2.75) is 4.90 Å². The Bertz CT molecular complexity index is 843. The fraction of sp³-hybridized carbons (Fsp3) is 0.333. The largest absolute Gasteiger partial charge is 0.506 e. The molecule has 0 saturated heterocycles. The summed E-state index contributed by atoms with van der Waals surface area (Å²) in [6.45, 7) is -0.397. The van der Waals surface area contributed by atoms with Gasteiger partial charge in [0.25, 0.3) is 0 Å². The van der Waals surface area contributed by atoms with Gasteiger partial charge in [0.1, 0.15) is 18.2 Å². The molecule has 0 bridgehead atoms. The van der Waals surface area contributed by atoms with E-state index in [0.29, 0.717) is 0 Å². The van der Waals surface area contributed by atoms with E-state index in [1.807, 2.05) is 0 Å². The monoisotopic (exact) mass is 371 g/mol. The Labute approximate surface area is 144 Å². The smallest absolute Gasteiger partial charge is 0.355 e. The molecular weight excluding hydrogens is 354 g/mol. The maximum Gasteiger partial charge on any atom is 0.355 e. The van der Waals surface area contributed by atoms with Crippen LogP contribution >= 0.6 is 0 Å². The summed E-state index contributed by atoms with van der Waals surface area (Å²) >= 11 is 0. The summed E-state index contributed by atoms with van der Waals surface area (Å²) in [6.07, 6.45) is 1.01. The van der Waals surface area contributed by atoms with E-state index in [-0.39, 0.29) is 40.9 Å². The number of carbonyl (C=O) groups is 2. The number of anilines is 1. The third-order valence-corrected chi connectivity index (χ3v) is 4.61. The number of phenolic OH excluding ortho intramolecular Hbond substituents is 1. The number of esters is 2. The molecule has 1 N–H and O–H groups in total. The molecule has 1 heterocycles. The molecule has 1 aliphatic rings. The van der Waals surface area contributed by atoms with Gasteiger partial charge in [-0.2, -0.15) is 0 Å². The Balaban J connectivity index is 2.67. The summed E-state index contributed by atoms with van der Waals surface area (Å²) < 4.78 is 38.1. The van der Waals surface area contributed by atoms with Crippen molar-refractivity contribution in [2.24, 2.45) is 0 Å². The second kappa shape index (κ2) is 7.11. The number of hydrogen-bond acceptors (Lipinski definition) is 9. The summed E-state index contributed by atoms with van der Waals surface area (Å²) in [5.41, 5.74) is -0.323. The minimum absolute atomic E-state index is 0.0237. The third-order valence-electron chi connectivity index (χ3n) is 3.50. The van der Waals surface area contributed by atoms with Gasteiger partial charge < -0.3 is 24.2 Å². The first kappa shape index (κ1) is 18.7. The number of hydrogen-bond donors (Lipinski definition) is 1. The van der Waals surface area contributed by atoms with E-state index in [9.17, 15) is 23.1 Å². The Morgan fingerprint density at radius 3 is 2.40 bits per heavy atom. The van der Waals surface area contributed by atoms with Crippen LogP contribution in [0.25, 0.3) is 0 Å². The van der Waals surface area contributed by atoms with E-state index >= 15 is 0 Å². The van der Waals surface area contributed by atoms with Crippen LogP contribution in [-0.2, 0) is 33.6 Å². The van der Waals surface area contributed by atoms with Crippen molar-refractivity contribution in [3.63, 3.8) is 0 Å². The van der Waals surface area contributed by atoms with Crippen LogP contribution in [0.2, 0.25) is 0 Å². The maximum atomic E-state index is 12.2. The summed E-state index contributed by atoms with van der Waals surface area (Å²) in [4.78, 5) is 25.2. The standard InChI is InChI=1S/C15H17NO8S/c1-22-14(18)10-7-24-8-16(13(10)15(19)23-2)11-6-9(25(3,20)21)4-5-12(11)17/h4-6,17H,7-8H2,1-3H3. The number of carbonyl (C=O) groups excluding carboxylic acids is 2. The summed E-state index contributed by atoms with van der Waals surface area (Å²) in [5.74, 6) is -1.96. The van der Waals surface area contributed by atoms with Crippen molar-refractivity contribution >= 4 is 27.5 Å². The molecule has 0 saturated carbocycles. The molecule has 1 aliphatic heterocycles. The van der Waals surface area contributed by atoms with E-state index in [1.165, 1.54) is 18.2 Å². The molecule has 1 aromatic carbocycles. The molecule has 0 fully saturated rings. The van der Waals surface area contributed by atoms with Gasteiger partial charge >= 0.3 is 11.9 Å². The molecule has 2 rings (SSSR count). The van der Waals surface area contributed by atoms with Crippen LogP contribution in [0, 0.1) is 0 Å². The number of benzene rings is 1. The molecule has 0 aliphatic carbocycles. The lowest BCUT2D eigenvalue weighted by Crippen LogP contribution is -2.38. The van der Waals surface area contributed by atoms with E-state index in [4.69, 9.17) is 9.47 Å². The van der Waals surface area contributed by atoms with Gasteiger partial charge in [-0.05, 0) is 18.2 Å². The van der Waals surface area contributed by atoms with Crippen molar-refractivity contribution in [1.29, 1.82) is 0 Å². The minimum Gasteiger partial charge on any atom is -0.506 e. The number of aromatic hydroxyl groups is 1. The lowest BCUT2D eigenvalue weighted by atomic mass is 10.1. The predicted octanol–water partition coefficient (Wildman–Crippen LogP) is 0.190. The van der Waals surface area contributed by atoms with Crippen LogP contribution in [0.1, 0.15) is 0 Å². The zero-order valence-electron chi connectivity index (χ0n) is 13.8. The van der Waals surface area contributed by atoms with Gasteiger partial charge in [-0.25, -0.2) is 18.0 Å². The maximum absolute atomic E-state index is 12.2. The number of ether oxygens (including phenoxy) is 3. The van der Waals surface area contributed by atoms with Gasteiger partial charge in [0.2, 0.25) is 0 Å². The van der Waals surface area contributed by atoms with Crippen molar-refractivity contribution in [3.05, 3.63) is 29.5 Å². The summed E-state index contributed by atoms with van der Waals surface area (Å²) in [7, 11) is -1.29. The van der Waals surface area contributed by atoms with Gasteiger partial charge in [-0.15, -0.1) is 0 Å². The van der Waals surface area contributed by atoms with E-state index in [2.05, 4.69) is 4.74 Å². The van der Waals surface area contributed by atoms with Crippen LogP contribution in [-0.4, -0.2) is 59.3 Å². The molecule has 25 heavy (non-hydrogen) atoms. The molecule has 1 aromatic rings. The first-order chi connectivity index (χ1) is 11.7. The Morgan fingerprint density at radius 2 is 1.84 bits per heavy atom. The van der Waals surface area contributed by atoms with E-state index < -0.39 is 21.8 Å². The molecule has 0 atom stereocenters. The quantitative estimate of drug-likeness (QED) is 0.740. The zero-order chi connectivity index (χ0) is 18.8. The SMILES string of the molecule is COC(=O)C1=C(C(=O)OC)N(c2cc(S(C)(=O)=O)ccc2O)COC1. The Morgan fingerprint density at radius 1 is 1.20 bits per heavy atom. The van der Waals surface area contributed by atoms with Crippen molar-refractivity contribution in [2.75, 3.05) is 38.7 Å². The molecule has 0 aromatic heterocycles. The van der Waals surface area contributed by atoms with Crippen LogP contribution in [0.3, 0.4) is 0 Å². The predicted molar refractivity (Wildman–Crippen MR) is 85.6 cm³/mol.